The first-order chi connectivity index (χ1) is 6.51. The highest BCUT2D eigenvalue weighted by atomic mass is 16.5. The Kier molecular flexibility index (Phi) is 2.11. The standard InChI is InChI=1S/C11H18O3/c1-10(2,9(12)13)11(6-14-7-11)8-4-3-5-8/h8H,3-7H2,1-2H3,(H,12,13). The molecule has 1 saturated carbocycles. The number of hydrogen-bond acceptors (Lipinski definition) is 2. The van der Waals surface area contributed by atoms with Gasteiger partial charge in [-0.15, -0.1) is 0 Å². The molecular formula is C11H18O3. The van der Waals surface area contributed by atoms with Crippen LogP contribution in [0.15, 0.2) is 0 Å². The molecule has 80 valence electrons. The number of carboxylic acids is 1. The van der Waals surface area contributed by atoms with E-state index in [1.165, 1.54) is 19.3 Å². The maximum Gasteiger partial charge on any atom is 0.309 e. The van der Waals surface area contributed by atoms with E-state index in [1.54, 1.807) is 0 Å². The molecule has 1 aliphatic carbocycles. The third kappa shape index (κ3) is 1.05. The Labute approximate surface area is 84.4 Å². The van der Waals surface area contributed by atoms with E-state index in [-0.39, 0.29) is 5.41 Å². The van der Waals surface area contributed by atoms with E-state index in [9.17, 15) is 9.90 Å². The summed E-state index contributed by atoms with van der Waals surface area (Å²) in [5.74, 6) is -0.116. The molecule has 0 aromatic heterocycles. The first-order valence-corrected chi connectivity index (χ1v) is 5.32. The molecule has 1 N–H and O–H groups in total. The Morgan fingerprint density at radius 3 is 2.21 bits per heavy atom. The first kappa shape index (κ1) is 9.97. The molecule has 0 unspecified atom stereocenters. The van der Waals surface area contributed by atoms with Crippen molar-refractivity contribution in [2.75, 3.05) is 13.2 Å². The smallest absolute Gasteiger partial charge is 0.309 e. The van der Waals surface area contributed by atoms with Gasteiger partial charge in [0.1, 0.15) is 0 Å². The molecule has 1 heterocycles. The summed E-state index contributed by atoms with van der Waals surface area (Å²) in [4.78, 5) is 11.2. The van der Waals surface area contributed by atoms with Crippen LogP contribution in [0, 0.1) is 16.7 Å². The summed E-state index contributed by atoms with van der Waals surface area (Å²) in [6.45, 7) is 4.96. The van der Waals surface area contributed by atoms with Crippen LogP contribution in [-0.4, -0.2) is 24.3 Å². The van der Waals surface area contributed by atoms with Gasteiger partial charge in [-0.2, -0.15) is 0 Å². The molecule has 0 atom stereocenters. The normalized spacial score (nSPS) is 26.4. The Hall–Kier alpha value is -0.570. The minimum atomic E-state index is -0.687. The lowest BCUT2D eigenvalue weighted by Gasteiger charge is -2.57. The zero-order chi connectivity index (χ0) is 10.4. The highest BCUT2D eigenvalue weighted by Gasteiger charge is 2.60. The Balaban J connectivity index is 2.22. The Bertz CT molecular complexity index is 249. The van der Waals surface area contributed by atoms with Crippen LogP contribution < -0.4 is 0 Å². The summed E-state index contributed by atoms with van der Waals surface area (Å²) in [6.07, 6.45) is 3.61. The van der Waals surface area contributed by atoms with E-state index in [2.05, 4.69) is 0 Å². The molecule has 0 aromatic carbocycles. The van der Waals surface area contributed by atoms with Crippen LogP contribution in [0.1, 0.15) is 33.1 Å². The van der Waals surface area contributed by atoms with Crippen LogP contribution in [0.5, 0.6) is 0 Å². The van der Waals surface area contributed by atoms with Gasteiger partial charge in [0.25, 0.3) is 0 Å². The molecule has 3 nitrogen and oxygen atoms in total. The van der Waals surface area contributed by atoms with E-state index >= 15 is 0 Å². The van der Waals surface area contributed by atoms with Crippen molar-refractivity contribution < 1.29 is 14.6 Å². The van der Waals surface area contributed by atoms with Crippen LogP contribution in [0.25, 0.3) is 0 Å². The van der Waals surface area contributed by atoms with Gasteiger partial charge < -0.3 is 9.84 Å². The topological polar surface area (TPSA) is 46.5 Å². The van der Waals surface area contributed by atoms with E-state index in [0.29, 0.717) is 19.1 Å². The van der Waals surface area contributed by atoms with Crippen molar-refractivity contribution in [3.8, 4) is 0 Å². The predicted octanol–water partition coefficient (Wildman–Crippen LogP) is 1.91. The highest BCUT2D eigenvalue weighted by Crippen LogP contribution is 2.56. The molecule has 0 radical (unpaired) electrons. The summed E-state index contributed by atoms with van der Waals surface area (Å²) in [5, 5.41) is 9.25. The summed E-state index contributed by atoms with van der Waals surface area (Å²) in [7, 11) is 0. The summed E-state index contributed by atoms with van der Waals surface area (Å²) in [5.41, 5.74) is -0.729. The third-order valence-electron chi connectivity index (χ3n) is 4.39. The van der Waals surface area contributed by atoms with Gasteiger partial charge in [-0.3, -0.25) is 4.79 Å². The molecule has 1 saturated heterocycles. The van der Waals surface area contributed by atoms with E-state index in [4.69, 9.17) is 4.74 Å². The van der Waals surface area contributed by atoms with Gasteiger partial charge in [0.05, 0.1) is 18.6 Å². The molecule has 0 amide bonds. The fraction of sp³-hybridized carbons (Fsp3) is 0.909. The summed E-state index contributed by atoms with van der Waals surface area (Å²) < 4.78 is 5.27. The highest BCUT2D eigenvalue weighted by molar-refractivity contribution is 5.75. The Morgan fingerprint density at radius 1 is 1.43 bits per heavy atom. The predicted molar refractivity (Wildman–Crippen MR) is 52.0 cm³/mol. The molecule has 14 heavy (non-hydrogen) atoms. The molecule has 2 rings (SSSR count). The molecule has 0 aromatic rings. The van der Waals surface area contributed by atoms with Gasteiger partial charge in [-0.1, -0.05) is 6.42 Å². The van der Waals surface area contributed by atoms with Crippen molar-refractivity contribution in [2.24, 2.45) is 16.7 Å². The van der Waals surface area contributed by atoms with Gasteiger partial charge in [-0.05, 0) is 32.6 Å². The summed E-state index contributed by atoms with van der Waals surface area (Å²) >= 11 is 0. The average Bonchev–Trinajstić information content (AvgIpc) is 1.91. The fourth-order valence-corrected chi connectivity index (χ4v) is 2.60. The zero-order valence-electron chi connectivity index (χ0n) is 8.88. The number of carboxylic acid groups (broad SMARTS) is 1. The number of rotatable bonds is 3. The van der Waals surface area contributed by atoms with Crippen LogP contribution in [0.2, 0.25) is 0 Å². The van der Waals surface area contributed by atoms with E-state index in [1.807, 2.05) is 13.8 Å². The van der Waals surface area contributed by atoms with Crippen LogP contribution in [0.4, 0.5) is 0 Å². The average molecular weight is 198 g/mol. The molecular weight excluding hydrogens is 180 g/mol. The number of ether oxygens (including phenoxy) is 1. The van der Waals surface area contributed by atoms with Crippen LogP contribution >= 0.6 is 0 Å². The SMILES string of the molecule is CC(C)(C(=O)O)C1(C2CCC2)COC1. The zero-order valence-corrected chi connectivity index (χ0v) is 8.88. The minimum Gasteiger partial charge on any atom is -0.481 e. The van der Waals surface area contributed by atoms with Crippen LogP contribution in [-0.2, 0) is 9.53 Å². The quantitative estimate of drug-likeness (QED) is 0.753. The molecule has 2 aliphatic rings. The van der Waals surface area contributed by atoms with Crippen molar-refractivity contribution in [2.45, 2.75) is 33.1 Å². The molecule has 1 aliphatic heterocycles. The molecule has 3 heteroatoms. The van der Waals surface area contributed by atoms with Gasteiger partial charge in [0.15, 0.2) is 0 Å². The second-order valence-corrected chi connectivity index (χ2v) is 5.21. The second kappa shape index (κ2) is 2.96. The van der Waals surface area contributed by atoms with E-state index < -0.39 is 11.4 Å². The molecule has 2 fully saturated rings. The Morgan fingerprint density at radius 2 is 2.00 bits per heavy atom. The number of aliphatic carboxylic acids is 1. The second-order valence-electron chi connectivity index (χ2n) is 5.21. The molecule has 0 spiro atoms. The first-order valence-electron chi connectivity index (χ1n) is 5.32. The monoisotopic (exact) mass is 198 g/mol. The lowest BCUT2D eigenvalue weighted by atomic mass is 9.52. The van der Waals surface area contributed by atoms with Crippen molar-refractivity contribution in [3.05, 3.63) is 0 Å². The fourth-order valence-electron chi connectivity index (χ4n) is 2.60. The van der Waals surface area contributed by atoms with Crippen molar-refractivity contribution in [1.82, 2.24) is 0 Å². The van der Waals surface area contributed by atoms with Gasteiger partial charge >= 0.3 is 5.97 Å². The lowest BCUT2D eigenvalue weighted by molar-refractivity contribution is -0.227. The van der Waals surface area contributed by atoms with Crippen molar-refractivity contribution >= 4 is 5.97 Å². The van der Waals surface area contributed by atoms with Crippen molar-refractivity contribution in [3.63, 3.8) is 0 Å². The number of carbonyl (C=O) groups is 1. The minimum absolute atomic E-state index is 0.0862. The lowest BCUT2D eigenvalue weighted by Crippen LogP contribution is -2.61. The maximum atomic E-state index is 11.2. The van der Waals surface area contributed by atoms with Gasteiger partial charge in [0, 0.05) is 5.41 Å². The third-order valence-corrected chi connectivity index (χ3v) is 4.39. The van der Waals surface area contributed by atoms with Crippen LogP contribution in [0.3, 0.4) is 0 Å². The van der Waals surface area contributed by atoms with Gasteiger partial charge in [-0.25, -0.2) is 0 Å². The van der Waals surface area contributed by atoms with E-state index in [0.717, 1.165) is 0 Å². The van der Waals surface area contributed by atoms with Gasteiger partial charge in [0.2, 0.25) is 0 Å². The maximum absolute atomic E-state index is 11.2. The summed E-state index contributed by atoms with van der Waals surface area (Å²) in [6, 6.07) is 0. The molecule has 0 bridgehead atoms. The van der Waals surface area contributed by atoms with Crippen molar-refractivity contribution in [1.29, 1.82) is 0 Å². The number of hydrogen-bond donors (Lipinski definition) is 1. The largest absolute Gasteiger partial charge is 0.481 e.